The van der Waals surface area contributed by atoms with Crippen LogP contribution in [0.2, 0.25) is 0 Å². The highest BCUT2D eigenvalue weighted by Gasteiger charge is 2.10. The van der Waals surface area contributed by atoms with Gasteiger partial charge in [0.25, 0.3) is 0 Å². The molecule has 0 aliphatic carbocycles. The van der Waals surface area contributed by atoms with Crippen molar-refractivity contribution in [3.05, 3.63) is 108 Å². The number of benzene rings is 2. The highest BCUT2D eigenvalue weighted by atomic mass is 19.1. The predicted molar refractivity (Wildman–Crippen MR) is 105 cm³/mol. The van der Waals surface area contributed by atoms with Gasteiger partial charge < -0.3 is 4.57 Å². The number of aryl methyl sites for hydroxylation is 1. The Morgan fingerprint density at radius 1 is 1.00 bits per heavy atom. The van der Waals surface area contributed by atoms with Gasteiger partial charge in [0.05, 0.1) is 0 Å². The van der Waals surface area contributed by atoms with Gasteiger partial charge in [-0.2, -0.15) is 0 Å². The van der Waals surface area contributed by atoms with E-state index in [1.165, 1.54) is 22.9 Å². The summed E-state index contributed by atoms with van der Waals surface area (Å²) < 4.78 is 15.7. The summed E-state index contributed by atoms with van der Waals surface area (Å²) in [5, 5.41) is 0. The maximum Gasteiger partial charge on any atom is 0.123 e. The highest BCUT2D eigenvalue weighted by molar-refractivity contribution is 5.23. The first kappa shape index (κ1) is 18.2. The summed E-state index contributed by atoms with van der Waals surface area (Å²) in [6.45, 7) is 9.06. The van der Waals surface area contributed by atoms with Crippen molar-refractivity contribution < 1.29 is 4.39 Å². The van der Waals surface area contributed by atoms with Crippen LogP contribution in [-0.4, -0.2) is 16.0 Å². The topological polar surface area (TPSA) is 8.17 Å². The summed E-state index contributed by atoms with van der Waals surface area (Å²) in [7, 11) is 0. The van der Waals surface area contributed by atoms with Crippen molar-refractivity contribution in [2.24, 2.45) is 0 Å². The van der Waals surface area contributed by atoms with E-state index in [-0.39, 0.29) is 5.82 Å². The van der Waals surface area contributed by atoms with Gasteiger partial charge in [-0.25, -0.2) is 4.39 Å². The summed E-state index contributed by atoms with van der Waals surface area (Å²) in [4.78, 5) is 2.27. The van der Waals surface area contributed by atoms with E-state index in [4.69, 9.17) is 0 Å². The van der Waals surface area contributed by atoms with Crippen LogP contribution in [0, 0.1) is 12.7 Å². The summed E-state index contributed by atoms with van der Waals surface area (Å²) >= 11 is 0. The maximum absolute atomic E-state index is 13.5. The van der Waals surface area contributed by atoms with Crippen LogP contribution < -0.4 is 0 Å². The van der Waals surface area contributed by atoms with Crippen LogP contribution in [0.1, 0.15) is 22.4 Å². The molecule has 0 N–H and O–H groups in total. The Labute approximate surface area is 155 Å². The summed E-state index contributed by atoms with van der Waals surface area (Å²) in [6.07, 6.45) is 4.01. The van der Waals surface area contributed by atoms with E-state index < -0.39 is 0 Å². The predicted octanol–water partition coefficient (Wildman–Crippen LogP) is 5.17. The SMILES string of the molecule is C=CCN(Cc1cccc(F)c1)Cc1cccn1Cc1ccc(C)cc1. The minimum atomic E-state index is -0.191. The Morgan fingerprint density at radius 2 is 1.81 bits per heavy atom. The number of rotatable bonds is 8. The number of hydrogen-bond donors (Lipinski definition) is 0. The molecular weight excluding hydrogens is 323 g/mol. The second kappa shape index (κ2) is 8.63. The Bertz CT molecular complexity index is 849. The molecule has 3 heteroatoms. The lowest BCUT2D eigenvalue weighted by Gasteiger charge is -2.22. The average molecular weight is 348 g/mol. The second-order valence-electron chi connectivity index (χ2n) is 6.70. The van der Waals surface area contributed by atoms with E-state index in [9.17, 15) is 4.39 Å². The Kier molecular flexibility index (Phi) is 6.03. The van der Waals surface area contributed by atoms with Crippen LogP contribution in [0.4, 0.5) is 4.39 Å². The fourth-order valence-corrected chi connectivity index (χ4v) is 3.13. The lowest BCUT2D eigenvalue weighted by molar-refractivity contribution is 0.278. The summed E-state index contributed by atoms with van der Waals surface area (Å²) in [6, 6.07) is 19.7. The van der Waals surface area contributed by atoms with Crippen LogP contribution >= 0.6 is 0 Å². The van der Waals surface area contributed by atoms with E-state index in [1.54, 1.807) is 12.1 Å². The third-order valence-corrected chi connectivity index (χ3v) is 4.47. The first-order valence-corrected chi connectivity index (χ1v) is 8.91. The van der Waals surface area contributed by atoms with Gasteiger partial charge in [0.1, 0.15) is 5.82 Å². The molecule has 0 aliphatic rings. The van der Waals surface area contributed by atoms with Crippen LogP contribution in [0.5, 0.6) is 0 Å². The summed E-state index contributed by atoms with van der Waals surface area (Å²) in [5.74, 6) is -0.191. The van der Waals surface area contributed by atoms with Crippen molar-refractivity contribution in [1.29, 1.82) is 0 Å². The zero-order chi connectivity index (χ0) is 18.4. The van der Waals surface area contributed by atoms with Crippen molar-refractivity contribution in [1.82, 2.24) is 9.47 Å². The average Bonchev–Trinajstić information content (AvgIpc) is 3.04. The molecule has 134 valence electrons. The number of nitrogens with zero attached hydrogens (tertiary/aromatic N) is 2. The molecule has 0 saturated carbocycles. The molecule has 0 radical (unpaired) electrons. The van der Waals surface area contributed by atoms with E-state index in [0.29, 0.717) is 6.54 Å². The van der Waals surface area contributed by atoms with Crippen molar-refractivity contribution in [3.8, 4) is 0 Å². The fraction of sp³-hybridized carbons (Fsp3) is 0.217. The van der Waals surface area contributed by atoms with Crippen molar-refractivity contribution >= 4 is 0 Å². The minimum Gasteiger partial charge on any atom is -0.346 e. The molecule has 0 saturated heterocycles. The Balaban J connectivity index is 1.72. The smallest absolute Gasteiger partial charge is 0.123 e. The molecule has 1 aromatic heterocycles. The van der Waals surface area contributed by atoms with Gasteiger partial charge in [-0.15, -0.1) is 6.58 Å². The van der Waals surface area contributed by atoms with E-state index in [2.05, 4.69) is 65.6 Å². The fourth-order valence-electron chi connectivity index (χ4n) is 3.13. The third kappa shape index (κ3) is 4.93. The van der Waals surface area contributed by atoms with Gasteiger partial charge in [-0.3, -0.25) is 4.90 Å². The van der Waals surface area contributed by atoms with Crippen molar-refractivity contribution in [3.63, 3.8) is 0 Å². The lowest BCUT2D eigenvalue weighted by Crippen LogP contribution is -2.24. The first-order valence-electron chi connectivity index (χ1n) is 8.91. The van der Waals surface area contributed by atoms with Crippen LogP contribution in [0.15, 0.2) is 79.5 Å². The van der Waals surface area contributed by atoms with Crippen LogP contribution in [-0.2, 0) is 19.6 Å². The molecule has 0 atom stereocenters. The molecule has 3 rings (SSSR count). The molecule has 1 heterocycles. The van der Waals surface area contributed by atoms with Crippen molar-refractivity contribution in [2.75, 3.05) is 6.54 Å². The molecule has 2 nitrogen and oxygen atoms in total. The minimum absolute atomic E-state index is 0.191. The molecule has 0 fully saturated rings. The molecule has 0 spiro atoms. The normalized spacial score (nSPS) is 11.0. The summed E-state index contributed by atoms with van der Waals surface area (Å²) in [5.41, 5.74) is 4.77. The van der Waals surface area contributed by atoms with Gasteiger partial charge in [0.15, 0.2) is 0 Å². The van der Waals surface area contributed by atoms with Gasteiger partial charge in [0, 0.05) is 38.1 Å². The Hall–Kier alpha value is -2.65. The lowest BCUT2D eigenvalue weighted by atomic mass is 10.1. The highest BCUT2D eigenvalue weighted by Crippen LogP contribution is 2.14. The molecule has 2 aromatic carbocycles. The Morgan fingerprint density at radius 3 is 2.54 bits per heavy atom. The van der Waals surface area contributed by atoms with Crippen LogP contribution in [0.25, 0.3) is 0 Å². The molecule has 0 amide bonds. The maximum atomic E-state index is 13.5. The molecular formula is C23H25FN2. The number of aromatic nitrogens is 1. The zero-order valence-electron chi connectivity index (χ0n) is 15.2. The van der Waals surface area contributed by atoms with E-state index in [1.807, 2.05) is 12.1 Å². The molecule has 3 aromatic rings. The van der Waals surface area contributed by atoms with Crippen molar-refractivity contribution in [2.45, 2.75) is 26.6 Å². The molecule has 0 aliphatic heterocycles. The van der Waals surface area contributed by atoms with E-state index in [0.717, 1.165) is 25.2 Å². The van der Waals surface area contributed by atoms with E-state index >= 15 is 0 Å². The number of halogens is 1. The van der Waals surface area contributed by atoms with Gasteiger partial charge in [-0.05, 0) is 42.3 Å². The third-order valence-electron chi connectivity index (χ3n) is 4.47. The number of hydrogen-bond acceptors (Lipinski definition) is 1. The second-order valence-corrected chi connectivity index (χ2v) is 6.70. The molecule has 0 unspecified atom stereocenters. The van der Waals surface area contributed by atoms with Crippen LogP contribution in [0.3, 0.4) is 0 Å². The van der Waals surface area contributed by atoms with Gasteiger partial charge in [-0.1, -0.05) is 48.0 Å². The monoisotopic (exact) mass is 348 g/mol. The quantitative estimate of drug-likeness (QED) is 0.510. The van der Waals surface area contributed by atoms with Gasteiger partial charge in [0.2, 0.25) is 0 Å². The van der Waals surface area contributed by atoms with Gasteiger partial charge >= 0.3 is 0 Å². The molecule has 26 heavy (non-hydrogen) atoms. The largest absolute Gasteiger partial charge is 0.346 e. The standard InChI is InChI=1S/C23H25FN2/c1-3-13-25(16-21-6-4-7-22(24)15-21)18-23-8-5-14-26(23)17-20-11-9-19(2)10-12-20/h3-12,14-15H,1,13,16-18H2,2H3. The molecule has 0 bridgehead atoms. The zero-order valence-corrected chi connectivity index (χ0v) is 15.2. The first-order chi connectivity index (χ1) is 12.6.